The van der Waals surface area contributed by atoms with Crippen LogP contribution in [-0.4, -0.2) is 22.8 Å². The van der Waals surface area contributed by atoms with Crippen molar-refractivity contribution >= 4 is 11.6 Å². The summed E-state index contributed by atoms with van der Waals surface area (Å²) < 4.78 is 0. The van der Waals surface area contributed by atoms with Gasteiger partial charge < -0.3 is 5.11 Å². The van der Waals surface area contributed by atoms with Gasteiger partial charge in [0.15, 0.2) is 5.78 Å². The Labute approximate surface area is 151 Å². The molecule has 4 aliphatic carbocycles. The Hall–Kier alpha value is -0.960. The van der Waals surface area contributed by atoms with Crippen LogP contribution in [0, 0.1) is 34.0 Å². The maximum atomic E-state index is 12.5. The van der Waals surface area contributed by atoms with E-state index >= 15 is 0 Å². The number of fused-ring (bicyclic) bond motifs is 5. The van der Waals surface area contributed by atoms with Crippen LogP contribution in [0.1, 0.15) is 72.6 Å². The number of hydrogen-bond acceptors (Lipinski definition) is 3. The molecule has 0 spiro atoms. The van der Waals surface area contributed by atoms with E-state index in [2.05, 4.69) is 20.8 Å². The third-order valence-electron chi connectivity index (χ3n) is 9.28. The predicted octanol–water partition coefficient (Wildman–Crippen LogP) is 4.08. The zero-order chi connectivity index (χ0) is 18.2. The lowest BCUT2D eigenvalue weighted by atomic mass is 9.44. The number of carbonyl (C=O) groups is 2. The minimum Gasteiger partial charge on any atom is -0.393 e. The number of allylic oxidation sites excluding steroid dienone is 1. The minimum absolute atomic E-state index is 0.0349. The number of rotatable bonds is 1. The van der Waals surface area contributed by atoms with Gasteiger partial charge in [0.2, 0.25) is 0 Å². The summed E-state index contributed by atoms with van der Waals surface area (Å²) >= 11 is 0. The summed E-state index contributed by atoms with van der Waals surface area (Å²) in [7, 11) is 0. The molecule has 0 aromatic rings. The van der Waals surface area contributed by atoms with E-state index in [0.717, 1.165) is 38.5 Å². The summed E-state index contributed by atoms with van der Waals surface area (Å²) in [5, 5.41) is 11.3. The second-order valence-corrected chi connectivity index (χ2v) is 10.0. The molecule has 7 atom stereocenters. The third kappa shape index (κ3) is 2.08. The first-order valence-corrected chi connectivity index (χ1v) is 10.1. The van der Waals surface area contributed by atoms with Crippen molar-refractivity contribution in [3.8, 4) is 0 Å². The van der Waals surface area contributed by atoms with Gasteiger partial charge in [-0.25, -0.2) is 0 Å². The monoisotopic (exact) mass is 344 g/mol. The average molecular weight is 344 g/mol. The quantitative estimate of drug-likeness (QED) is 0.779. The Morgan fingerprint density at radius 1 is 1.16 bits per heavy atom. The molecule has 3 saturated carbocycles. The van der Waals surface area contributed by atoms with Gasteiger partial charge in [0.05, 0.1) is 6.10 Å². The fraction of sp³-hybridized carbons (Fsp3) is 0.818. The second kappa shape index (κ2) is 5.28. The number of hydrogen-bond donors (Lipinski definition) is 1. The Kier molecular flexibility index (Phi) is 3.69. The summed E-state index contributed by atoms with van der Waals surface area (Å²) in [6.45, 7) is 8.43. The largest absolute Gasteiger partial charge is 0.393 e. The standard InChI is InChI=1S/C22H32O3/c1-13(23)21(3)10-8-17-16-6-5-14-11-15(24)7-9-20(14,2)19(16)18(25)12-22(17,21)4/h11,16-19,25H,5-10,12H2,1-4H3/t16-,17-,18+,19+,20-,21+,22-/m0/s1. The van der Waals surface area contributed by atoms with Crippen LogP contribution < -0.4 is 0 Å². The van der Waals surface area contributed by atoms with Gasteiger partial charge in [-0.2, -0.15) is 0 Å². The molecule has 0 bridgehead atoms. The van der Waals surface area contributed by atoms with Gasteiger partial charge in [-0.05, 0) is 80.1 Å². The zero-order valence-electron chi connectivity index (χ0n) is 16.1. The first-order valence-electron chi connectivity index (χ1n) is 10.1. The van der Waals surface area contributed by atoms with E-state index in [1.807, 2.05) is 6.08 Å². The van der Waals surface area contributed by atoms with Crippen molar-refractivity contribution in [1.29, 1.82) is 0 Å². The van der Waals surface area contributed by atoms with Crippen LogP contribution in [0.5, 0.6) is 0 Å². The molecule has 0 aromatic heterocycles. The molecule has 0 radical (unpaired) electrons. The number of aliphatic hydroxyl groups excluding tert-OH is 1. The van der Waals surface area contributed by atoms with E-state index in [9.17, 15) is 14.7 Å². The Bertz CT molecular complexity index is 664. The van der Waals surface area contributed by atoms with Crippen LogP contribution in [0.3, 0.4) is 0 Å². The first kappa shape index (κ1) is 17.5. The van der Waals surface area contributed by atoms with Gasteiger partial charge in [-0.3, -0.25) is 9.59 Å². The maximum absolute atomic E-state index is 12.5. The molecule has 4 rings (SSSR count). The lowest BCUT2D eigenvalue weighted by molar-refractivity contribution is -0.157. The highest BCUT2D eigenvalue weighted by Crippen LogP contribution is 2.69. The number of carbonyl (C=O) groups excluding carboxylic acids is 2. The molecular formula is C22H32O3. The smallest absolute Gasteiger partial charge is 0.155 e. The second-order valence-electron chi connectivity index (χ2n) is 10.0. The summed E-state index contributed by atoms with van der Waals surface area (Å²) in [4.78, 5) is 24.4. The summed E-state index contributed by atoms with van der Waals surface area (Å²) in [6.07, 6.45) is 7.84. The average Bonchev–Trinajstić information content (AvgIpc) is 2.80. The molecule has 0 amide bonds. The van der Waals surface area contributed by atoms with Crippen LogP contribution in [0.2, 0.25) is 0 Å². The molecule has 3 heteroatoms. The Morgan fingerprint density at radius 3 is 2.56 bits per heavy atom. The van der Waals surface area contributed by atoms with Crippen LogP contribution in [0.4, 0.5) is 0 Å². The van der Waals surface area contributed by atoms with E-state index < -0.39 is 0 Å². The Morgan fingerprint density at radius 2 is 1.88 bits per heavy atom. The normalized spacial score (nSPS) is 52.0. The van der Waals surface area contributed by atoms with Gasteiger partial charge in [0.1, 0.15) is 5.78 Å². The highest BCUT2D eigenvalue weighted by Gasteiger charge is 2.66. The van der Waals surface area contributed by atoms with Gasteiger partial charge in [-0.1, -0.05) is 26.3 Å². The van der Waals surface area contributed by atoms with E-state index in [0.29, 0.717) is 18.3 Å². The fourth-order valence-corrected chi connectivity index (χ4v) is 7.51. The molecule has 0 saturated heterocycles. The molecular weight excluding hydrogens is 312 g/mol. The maximum Gasteiger partial charge on any atom is 0.155 e. The third-order valence-corrected chi connectivity index (χ3v) is 9.28. The van der Waals surface area contributed by atoms with Crippen molar-refractivity contribution in [3.05, 3.63) is 11.6 Å². The van der Waals surface area contributed by atoms with Gasteiger partial charge in [-0.15, -0.1) is 0 Å². The van der Waals surface area contributed by atoms with Crippen molar-refractivity contribution in [2.75, 3.05) is 0 Å². The van der Waals surface area contributed by atoms with Gasteiger partial charge >= 0.3 is 0 Å². The lowest BCUT2D eigenvalue weighted by Crippen LogP contribution is -2.58. The van der Waals surface area contributed by atoms with E-state index in [-0.39, 0.29) is 39.8 Å². The van der Waals surface area contributed by atoms with E-state index in [4.69, 9.17) is 0 Å². The summed E-state index contributed by atoms with van der Waals surface area (Å²) in [5.41, 5.74) is 0.845. The minimum atomic E-state index is -0.370. The zero-order valence-corrected chi connectivity index (χ0v) is 16.1. The van der Waals surface area contributed by atoms with Crippen molar-refractivity contribution in [3.63, 3.8) is 0 Å². The van der Waals surface area contributed by atoms with Crippen LogP contribution in [-0.2, 0) is 9.59 Å². The van der Waals surface area contributed by atoms with Crippen molar-refractivity contribution in [2.24, 2.45) is 34.0 Å². The molecule has 0 unspecified atom stereocenters. The molecule has 3 nitrogen and oxygen atoms in total. The summed E-state index contributed by atoms with van der Waals surface area (Å²) in [5.74, 6) is 1.78. The molecule has 4 aliphatic rings. The predicted molar refractivity (Wildman–Crippen MR) is 96.9 cm³/mol. The SMILES string of the molecule is CC(=O)[C@@]1(C)CC[C@H]2[C@@H]3CCC4=CC(=O)CC[C@]4(C)[C@H]3[C@H](O)C[C@@]21C. The van der Waals surface area contributed by atoms with E-state index in [1.165, 1.54) is 5.57 Å². The van der Waals surface area contributed by atoms with Crippen molar-refractivity contribution in [1.82, 2.24) is 0 Å². The molecule has 0 heterocycles. The van der Waals surface area contributed by atoms with E-state index in [1.54, 1.807) is 6.92 Å². The molecule has 138 valence electrons. The highest BCUT2D eigenvalue weighted by molar-refractivity contribution is 5.91. The lowest BCUT2D eigenvalue weighted by Gasteiger charge is -2.61. The van der Waals surface area contributed by atoms with Gasteiger partial charge in [0.25, 0.3) is 0 Å². The van der Waals surface area contributed by atoms with Crippen LogP contribution in [0.25, 0.3) is 0 Å². The Balaban J connectivity index is 1.75. The van der Waals surface area contributed by atoms with Crippen LogP contribution >= 0.6 is 0 Å². The molecule has 0 aliphatic heterocycles. The van der Waals surface area contributed by atoms with Crippen molar-refractivity contribution in [2.45, 2.75) is 78.7 Å². The topological polar surface area (TPSA) is 54.4 Å². The summed E-state index contributed by atoms with van der Waals surface area (Å²) in [6, 6.07) is 0. The first-order chi connectivity index (χ1) is 11.6. The number of aliphatic hydroxyl groups is 1. The van der Waals surface area contributed by atoms with Gasteiger partial charge in [0, 0.05) is 11.8 Å². The van der Waals surface area contributed by atoms with Crippen LogP contribution in [0.15, 0.2) is 11.6 Å². The molecule has 0 aromatic carbocycles. The molecule has 3 fully saturated rings. The molecule has 25 heavy (non-hydrogen) atoms. The number of Topliss-reactive ketones (excluding diaryl/α,β-unsaturated/α-hetero) is 1. The highest BCUT2D eigenvalue weighted by atomic mass is 16.3. The number of ketones is 2. The fourth-order valence-electron chi connectivity index (χ4n) is 7.51. The van der Waals surface area contributed by atoms with Crippen molar-refractivity contribution < 1.29 is 14.7 Å². The molecule has 1 N–H and O–H groups in total.